The molecule has 0 amide bonds. The van der Waals surface area contributed by atoms with Crippen molar-refractivity contribution in [1.29, 1.82) is 0 Å². The van der Waals surface area contributed by atoms with Crippen LogP contribution in [0.2, 0.25) is 0 Å². The Hall–Kier alpha value is -2.63. The quantitative estimate of drug-likeness (QED) is 0.0261. The van der Waals surface area contributed by atoms with Gasteiger partial charge in [-0.25, -0.2) is 0 Å². The smallest absolute Gasteiger partial charge is 0.306 e. The zero-order valence-electron chi connectivity index (χ0n) is 49.6. The third kappa shape index (κ3) is 60.2. The van der Waals surface area contributed by atoms with E-state index in [2.05, 4.69) is 69.4 Å². The number of unbranched alkanes of at least 4 members (excludes halogenated alkanes) is 41. The lowest BCUT2D eigenvalue weighted by atomic mass is 10.1. The zero-order valence-corrected chi connectivity index (χ0v) is 49.6. The maximum atomic E-state index is 12.9. The molecule has 0 aromatic rings. The van der Waals surface area contributed by atoms with E-state index in [4.69, 9.17) is 14.2 Å². The summed E-state index contributed by atoms with van der Waals surface area (Å²) in [6.45, 7) is 6.64. The molecule has 0 spiro atoms. The molecule has 1 unspecified atom stereocenters. The van der Waals surface area contributed by atoms with Gasteiger partial charge in [0.2, 0.25) is 0 Å². The van der Waals surface area contributed by atoms with Crippen molar-refractivity contribution < 1.29 is 28.6 Å². The molecule has 0 aromatic heterocycles. The van der Waals surface area contributed by atoms with Crippen molar-refractivity contribution in [2.24, 2.45) is 0 Å². The summed E-state index contributed by atoms with van der Waals surface area (Å²) in [4.78, 5) is 38.3. The molecular weight excluding hydrogens is 913 g/mol. The van der Waals surface area contributed by atoms with E-state index in [0.29, 0.717) is 19.3 Å². The Morgan fingerprint density at radius 3 is 0.797 bits per heavy atom. The predicted molar refractivity (Wildman–Crippen MR) is 321 cm³/mol. The van der Waals surface area contributed by atoms with Crippen LogP contribution in [0.15, 0.2) is 48.6 Å². The molecule has 0 aromatic carbocycles. The van der Waals surface area contributed by atoms with Gasteiger partial charge >= 0.3 is 17.9 Å². The number of carbonyl (C=O) groups is 3. The number of hydrogen-bond acceptors (Lipinski definition) is 6. The number of hydrogen-bond donors (Lipinski definition) is 0. The fraction of sp³-hybridized carbons (Fsp3) is 0.838. The first kappa shape index (κ1) is 71.4. The summed E-state index contributed by atoms with van der Waals surface area (Å²) < 4.78 is 16.9. The van der Waals surface area contributed by atoms with Gasteiger partial charge in [0.15, 0.2) is 6.10 Å². The van der Waals surface area contributed by atoms with Crippen LogP contribution in [0.3, 0.4) is 0 Å². The minimum Gasteiger partial charge on any atom is -0.462 e. The normalized spacial score (nSPS) is 12.3. The average molecular weight is 1040 g/mol. The van der Waals surface area contributed by atoms with Crippen LogP contribution in [0, 0.1) is 0 Å². The second-order valence-electron chi connectivity index (χ2n) is 22.0. The van der Waals surface area contributed by atoms with Crippen LogP contribution in [-0.2, 0) is 28.6 Å². The van der Waals surface area contributed by atoms with E-state index in [1.165, 1.54) is 231 Å². The number of carbonyl (C=O) groups excluding carboxylic acids is 3. The summed E-state index contributed by atoms with van der Waals surface area (Å²) in [6.07, 6.45) is 78.3. The molecule has 0 fully saturated rings. The van der Waals surface area contributed by atoms with Gasteiger partial charge < -0.3 is 14.2 Å². The molecule has 0 aliphatic rings. The molecular formula is C68H124O6. The Morgan fingerprint density at radius 2 is 0.500 bits per heavy atom. The van der Waals surface area contributed by atoms with Gasteiger partial charge in [-0.3, -0.25) is 14.4 Å². The second kappa shape index (κ2) is 62.9. The molecule has 0 saturated heterocycles. The van der Waals surface area contributed by atoms with E-state index in [1.807, 2.05) is 0 Å². The number of allylic oxidation sites excluding steroid dienone is 8. The third-order valence-electron chi connectivity index (χ3n) is 14.5. The van der Waals surface area contributed by atoms with Crippen molar-refractivity contribution in [3.05, 3.63) is 48.6 Å². The van der Waals surface area contributed by atoms with Gasteiger partial charge in [-0.1, -0.05) is 281 Å². The summed E-state index contributed by atoms with van der Waals surface area (Å²) in [5.41, 5.74) is 0. The maximum absolute atomic E-state index is 12.9. The Morgan fingerprint density at radius 1 is 0.270 bits per heavy atom. The van der Waals surface area contributed by atoms with Crippen molar-refractivity contribution in [1.82, 2.24) is 0 Å². The first-order chi connectivity index (χ1) is 36.5. The van der Waals surface area contributed by atoms with Crippen LogP contribution in [0.1, 0.15) is 348 Å². The van der Waals surface area contributed by atoms with Crippen molar-refractivity contribution >= 4 is 17.9 Å². The highest BCUT2D eigenvalue weighted by atomic mass is 16.6. The summed E-state index contributed by atoms with van der Waals surface area (Å²) in [5, 5.41) is 0. The minimum absolute atomic E-state index is 0.0773. The third-order valence-corrected chi connectivity index (χ3v) is 14.5. The molecule has 0 aliphatic heterocycles. The lowest BCUT2D eigenvalue weighted by Gasteiger charge is -2.18. The van der Waals surface area contributed by atoms with E-state index in [0.717, 1.165) is 77.0 Å². The molecule has 0 radical (unpaired) electrons. The summed E-state index contributed by atoms with van der Waals surface area (Å²) in [7, 11) is 0. The fourth-order valence-electron chi connectivity index (χ4n) is 9.57. The van der Waals surface area contributed by atoms with Gasteiger partial charge in [-0.05, 0) is 96.3 Å². The van der Waals surface area contributed by atoms with Crippen LogP contribution in [-0.4, -0.2) is 37.2 Å². The molecule has 74 heavy (non-hydrogen) atoms. The van der Waals surface area contributed by atoms with Gasteiger partial charge in [0.25, 0.3) is 0 Å². The largest absolute Gasteiger partial charge is 0.462 e. The molecule has 1 atom stereocenters. The van der Waals surface area contributed by atoms with E-state index in [1.54, 1.807) is 0 Å². The molecule has 6 heteroatoms. The summed E-state index contributed by atoms with van der Waals surface area (Å²) in [6, 6.07) is 0. The van der Waals surface area contributed by atoms with Gasteiger partial charge in [0.1, 0.15) is 13.2 Å². The van der Waals surface area contributed by atoms with Crippen LogP contribution < -0.4 is 0 Å². The summed E-state index contributed by atoms with van der Waals surface area (Å²) >= 11 is 0. The van der Waals surface area contributed by atoms with Crippen molar-refractivity contribution in [3.8, 4) is 0 Å². The fourth-order valence-corrected chi connectivity index (χ4v) is 9.57. The lowest BCUT2D eigenvalue weighted by molar-refractivity contribution is -0.167. The SMILES string of the molecule is CCCC/C=C\C/C=C\CCCCCCCC(=O)OCC(COC(=O)CCCCCCCCCCC/C=C\CCCCCCCCCC)OC(=O)CCCCCCCCCCC/C=C\CCCCCCCCCC. The molecule has 0 saturated carbocycles. The van der Waals surface area contributed by atoms with Gasteiger partial charge in [0.05, 0.1) is 0 Å². The molecule has 0 rings (SSSR count). The maximum Gasteiger partial charge on any atom is 0.306 e. The highest BCUT2D eigenvalue weighted by molar-refractivity contribution is 5.71. The van der Waals surface area contributed by atoms with Gasteiger partial charge in [-0.15, -0.1) is 0 Å². The van der Waals surface area contributed by atoms with Crippen molar-refractivity contribution in [2.45, 2.75) is 354 Å². The molecule has 0 bridgehead atoms. The van der Waals surface area contributed by atoms with Crippen LogP contribution in [0.5, 0.6) is 0 Å². The van der Waals surface area contributed by atoms with E-state index < -0.39 is 6.10 Å². The Balaban J connectivity index is 4.32. The topological polar surface area (TPSA) is 78.9 Å². The first-order valence-electron chi connectivity index (χ1n) is 32.6. The number of ether oxygens (including phenoxy) is 3. The van der Waals surface area contributed by atoms with Crippen molar-refractivity contribution in [3.63, 3.8) is 0 Å². The monoisotopic (exact) mass is 1040 g/mol. The lowest BCUT2D eigenvalue weighted by Crippen LogP contribution is -2.30. The molecule has 0 N–H and O–H groups in total. The number of esters is 3. The van der Waals surface area contributed by atoms with Crippen LogP contribution >= 0.6 is 0 Å². The van der Waals surface area contributed by atoms with E-state index in [-0.39, 0.29) is 31.1 Å². The predicted octanol–water partition coefficient (Wildman–Crippen LogP) is 22.2. The van der Waals surface area contributed by atoms with Gasteiger partial charge in [0, 0.05) is 19.3 Å². The Bertz CT molecular complexity index is 1280. The average Bonchev–Trinajstić information content (AvgIpc) is 3.40. The van der Waals surface area contributed by atoms with Gasteiger partial charge in [-0.2, -0.15) is 0 Å². The molecule has 432 valence electrons. The molecule has 6 nitrogen and oxygen atoms in total. The van der Waals surface area contributed by atoms with E-state index in [9.17, 15) is 14.4 Å². The molecule has 0 aliphatic carbocycles. The van der Waals surface area contributed by atoms with Crippen LogP contribution in [0.4, 0.5) is 0 Å². The zero-order chi connectivity index (χ0) is 53.6. The molecule has 0 heterocycles. The van der Waals surface area contributed by atoms with Crippen LogP contribution in [0.25, 0.3) is 0 Å². The standard InChI is InChI=1S/C68H124O6/c1-4-7-10-13-16-19-22-25-28-30-32-34-36-38-40-43-46-49-52-55-58-61-67(70)73-64-65(63-72-66(69)60-57-54-51-48-45-42-27-24-21-18-15-12-9-6-3)74-68(71)62-59-56-53-50-47-44-41-39-37-35-33-31-29-26-23-20-17-14-11-8-5-2/h15,18,24,27,30-33,65H,4-14,16-17,19-23,25-26,28-29,34-64H2,1-3H3/b18-15-,27-24-,32-30-,33-31-. The Kier molecular flexibility index (Phi) is 60.7. The highest BCUT2D eigenvalue weighted by Gasteiger charge is 2.19. The number of rotatable bonds is 60. The summed E-state index contributed by atoms with van der Waals surface area (Å²) in [5.74, 6) is -0.876. The highest BCUT2D eigenvalue weighted by Crippen LogP contribution is 2.17. The second-order valence-corrected chi connectivity index (χ2v) is 22.0. The first-order valence-corrected chi connectivity index (χ1v) is 32.6. The Labute approximate surface area is 460 Å². The van der Waals surface area contributed by atoms with Crippen molar-refractivity contribution in [2.75, 3.05) is 13.2 Å². The van der Waals surface area contributed by atoms with E-state index >= 15 is 0 Å². The minimum atomic E-state index is -0.781.